The number of hydrogen-bond acceptors (Lipinski definition) is 3. The van der Waals surface area contributed by atoms with E-state index in [1.54, 1.807) is 0 Å². The second kappa shape index (κ2) is 10.5. The minimum atomic E-state index is 0.0238. The monoisotopic (exact) mass is 371 g/mol. The van der Waals surface area contributed by atoms with Gasteiger partial charge in [0.25, 0.3) is 0 Å². The molecule has 2 saturated heterocycles. The number of carbonyl (C=O) groups excluding carboxylic acids is 1. The van der Waals surface area contributed by atoms with Crippen LogP contribution in [0.25, 0.3) is 0 Å². The van der Waals surface area contributed by atoms with Crippen molar-refractivity contribution in [3.8, 4) is 0 Å². The van der Waals surface area contributed by atoms with Crippen LogP contribution in [0.4, 0.5) is 0 Å². The number of fused-ring (bicyclic) bond motifs is 1. The van der Waals surface area contributed by atoms with E-state index in [0.717, 1.165) is 38.2 Å². The summed E-state index contributed by atoms with van der Waals surface area (Å²) in [5.74, 6) is 0.385. The van der Waals surface area contributed by atoms with E-state index in [0.29, 0.717) is 18.0 Å². The van der Waals surface area contributed by atoms with Crippen LogP contribution in [-0.4, -0.2) is 54.0 Å². The second-order valence-electron chi connectivity index (χ2n) is 7.88. The number of rotatable bonds is 9. The predicted octanol–water partition coefficient (Wildman–Crippen LogP) is 3.89. The molecule has 4 nitrogen and oxygen atoms in total. The zero-order valence-electron chi connectivity index (χ0n) is 17.4. The Morgan fingerprint density at radius 3 is 2.70 bits per heavy atom. The highest BCUT2D eigenvalue weighted by Gasteiger charge is 2.40. The molecule has 2 aliphatic heterocycles. The fourth-order valence-corrected chi connectivity index (χ4v) is 4.80. The van der Waals surface area contributed by atoms with Crippen LogP contribution in [0, 0.1) is 5.92 Å². The lowest BCUT2D eigenvalue weighted by Gasteiger charge is -2.36. The maximum atomic E-state index is 11.3. The Morgan fingerprint density at radius 2 is 2.07 bits per heavy atom. The number of amides is 1. The van der Waals surface area contributed by atoms with Crippen molar-refractivity contribution in [1.82, 2.24) is 15.1 Å². The van der Waals surface area contributed by atoms with Crippen molar-refractivity contribution in [3.05, 3.63) is 48.7 Å². The molecule has 2 fully saturated rings. The average Bonchev–Trinajstić information content (AvgIpc) is 2.96. The molecule has 0 spiro atoms. The van der Waals surface area contributed by atoms with E-state index in [1.807, 2.05) is 13.0 Å². The summed E-state index contributed by atoms with van der Waals surface area (Å²) in [6.07, 6.45) is 13.8. The third-order valence-electron chi connectivity index (χ3n) is 6.13. The van der Waals surface area contributed by atoms with E-state index in [2.05, 4.69) is 60.4 Å². The molecule has 0 saturated carbocycles. The molecule has 4 heteroatoms. The number of allylic oxidation sites excluding steroid dienone is 3. The first-order valence-corrected chi connectivity index (χ1v) is 10.4. The summed E-state index contributed by atoms with van der Waals surface area (Å²) in [5.41, 5.74) is 2.36. The highest BCUT2D eigenvalue weighted by molar-refractivity contribution is 5.48. The maximum Gasteiger partial charge on any atom is 0.207 e. The smallest absolute Gasteiger partial charge is 0.207 e. The zero-order valence-corrected chi connectivity index (χ0v) is 17.4. The first-order chi connectivity index (χ1) is 13.0. The van der Waals surface area contributed by atoms with E-state index in [-0.39, 0.29) is 6.04 Å². The Bertz CT molecular complexity index is 580. The van der Waals surface area contributed by atoms with Gasteiger partial charge in [0.05, 0.1) is 6.04 Å². The minimum absolute atomic E-state index is 0.0238. The first kappa shape index (κ1) is 21.5. The van der Waals surface area contributed by atoms with Gasteiger partial charge in [-0.05, 0) is 57.6 Å². The third-order valence-corrected chi connectivity index (χ3v) is 6.13. The summed E-state index contributed by atoms with van der Waals surface area (Å²) in [4.78, 5) is 16.3. The van der Waals surface area contributed by atoms with E-state index < -0.39 is 0 Å². The molecule has 4 atom stereocenters. The highest BCUT2D eigenvalue weighted by Crippen LogP contribution is 2.37. The van der Waals surface area contributed by atoms with Crippen molar-refractivity contribution < 1.29 is 4.79 Å². The Hall–Kier alpha value is -1.81. The van der Waals surface area contributed by atoms with E-state index in [4.69, 9.17) is 0 Å². The van der Waals surface area contributed by atoms with Crippen LogP contribution in [-0.2, 0) is 4.79 Å². The van der Waals surface area contributed by atoms with Crippen molar-refractivity contribution in [1.29, 1.82) is 0 Å². The van der Waals surface area contributed by atoms with Crippen molar-refractivity contribution >= 4 is 6.41 Å². The quantitative estimate of drug-likeness (QED) is 0.493. The van der Waals surface area contributed by atoms with E-state index in [1.165, 1.54) is 24.8 Å². The predicted molar refractivity (Wildman–Crippen MR) is 114 cm³/mol. The molecule has 0 bridgehead atoms. The van der Waals surface area contributed by atoms with Crippen LogP contribution in [0.15, 0.2) is 48.7 Å². The molecule has 1 N–H and O–H groups in total. The van der Waals surface area contributed by atoms with Crippen LogP contribution >= 0.6 is 0 Å². The van der Waals surface area contributed by atoms with Crippen molar-refractivity contribution in [2.24, 2.45) is 5.92 Å². The molecule has 0 aliphatic carbocycles. The summed E-state index contributed by atoms with van der Waals surface area (Å²) >= 11 is 0. The van der Waals surface area contributed by atoms with Crippen LogP contribution in [0.2, 0.25) is 0 Å². The summed E-state index contributed by atoms with van der Waals surface area (Å²) in [7, 11) is 0. The molecule has 0 unspecified atom stereocenters. The van der Waals surface area contributed by atoms with Gasteiger partial charge >= 0.3 is 0 Å². The van der Waals surface area contributed by atoms with Crippen LogP contribution in [0.5, 0.6) is 0 Å². The summed E-state index contributed by atoms with van der Waals surface area (Å²) < 4.78 is 0. The number of carbonyl (C=O) groups is 1. The minimum Gasteiger partial charge on any atom is -0.368 e. The Morgan fingerprint density at radius 1 is 1.33 bits per heavy atom. The topological polar surface area (TPSA) is 35.6 Å². The Labute approximate surface area is 165 Å². The van der Waals surface area contributed by atoms with Crippen LogP contribution in [0.3, 0.4) is 0 Å². The van der Waals surface area contributed by atoms with Gasteiger partial charge in [0, 0.05) is 30.9 Å². The third kappa shape index (κ3) is 5.35. The van der Waals surface area contributed by atoms with Crippen LogP contribution in [0.1, 0.15) is 46.5 Å². The molecule has 2 heterocycles. The molecule has 0 aromatic rings. The fourth-order valence-electron chi connectivity index (χ4n) is 4.80. The van der Waals surface area contributed by atoms with Gasteiger partial charge in [-0.2, -0.15) is 0 Å². The van der Waals surface area contributed by atoms with Crippen molar-refractivity contribution in [2.75, 3.05) is 19.6 Å². The van der Waals surface area contributed by atoms with Crippen molar-refractivity contribution in [2.45, 2.75) is 64.6 Å². The molecule has 0 aromatic carbocycles. The lowest BCUT2D eigenvalue weighted by Crippen LogP contribution is -2.46. The summed E-state index contributed by atoms with van der Waals surface area (Å²) in [6, 6.07) is 1.13. The van der Waals surface area contributed by atoms with Gasteiger partial charge in [0.2, 0.25) is 6.41 Å². The van der Waals surface area contributed by atoms with Crippen LogP contribution < -0.4 is 5.32 Å². The van der Waals surface area contributed by atoms with Gasteiger partial charge in [-0.25, -0.2) is 0 Å². The fraction of sp³-hybridized carbons (Fsp3) is 0.609. The van der Waals surface area contributed by atoms with Gasteiger partial charge < -0.3 is 10.2 Å². The Kier molecular flexibility index (Phi) is 8.36. The lowest BCUT2D eigenvalue weighted by atomic mass is 9.91. The molecule has 0 radical (unpaired) electrons. The molecule has 150 valence electrons. The number of likely N-dealkylation sites (N-methyl/N-ethyl adjacent to an activating group) is 1. The normalized spacial score (nSPS) is 29.1. The molecular weight excluding hydrogens is 334 g/mol. The molecule has 1 amide bonds. The molecular formula is C23H37N3O. The zero-order chi connectivity index (χ0) is 19.8. The molecule has 27 heavy (non-hydrogen) atoms. The number of nitrogens with one attached hydrogen (secondary N) is 1. The molecule has 0 aromatic heterocycles. The average molecular weight is 372 g/mol. The summed E-state index contributed by atoms with van der Waals surface area (Å²) in [5, 5.41) is 3.10. The summed E-state index contributed by atoms with van der Waals surface area (Å²) in [6.45, 7) is 17.6. The number of hydrogen-bond donors (Lipinski definition) is 1. The maximum absolute atomic E-state index is 11.3. The first-order valence-electron chi connectivity index (χ1n) is 10.4. The largest absolute Gasteiger partial charge is 0.368 e. The Balaban J connectivity index is 2.16. The van der Waals surface area contributed by atoms with Gasteiger partial charge in [-0.3, -0.25) is 9.69 Å². The SMILES string of the molecule is C=C/C=C(\C=C/C)CN(CC)C[C@H]1CC[C@H]2CC[C@@H](C)N2C(=C)[C@H]1NC=O. The van der Waals surface area contributed by atoms with Gasteiger partial charge in [-0.1, -0.05) is 44.4 Å². The van der Waals surface area contributed by atoms with E-state index in [9.17, 15) is 4.79 Å². The molecule has 2 rings (SSSR count). The highest BCUT2D eigenvalue weighted by atomic mass is 16.1. The molecule has 2 aliphatic rings. The van der Waals surface area contributed by atoms with Gasteiger partial charge in [-0.15, -0.1) is 0 Å². The number of nitrogens with zero attached hydrogens (tertiary/aromatic N) is 2. The lowest BCUT2D eigenvalue weighted by molar-refractivity contribution is -0.110. The standard InChI is InChI=1S/C23H37N3O/c1-6-9-20(10-7-2)15-25(8-3)16-21-12-14-22-13-11-18(4)26(22)19(5)23(21)24-17-27/h6-7,9-10,17-18,21-23H,1,5,8,11-16H2,2-4H3,(H,24,27)/b10-7-,20-9+/t18-,21-,22-,23-/m1/s1. The van der Waals surface area contributed by atoms with E-state index >= 15 is 0 Å². The van der Waals surface area contributed by atoms with Gasteiger partial charge in [0.1, 0.15) is 0 Å². The van der Waals surface area contributed by atoms with Crippen molar-refractivity contribution in [3.63, 3.8) is 0 Å². The van der Waals surface area contributed by atoms with Gasteiger partial charge in [0.15, 0.2) is 0 Å². The second-order valence-corrected chi connectivity index (χ2v) is 7.88.